The van der Waals surface area contributed by atoms with E-state index in [1.165, 1.54) is 12.1 Å². The summed E-state index contributed by atoms with van der Waals surface area (Å²) in [6, 6.07) is 6.24. The normalized spacial score (nSPS) is 11.1. The van der Waals surface area contributed by atoms with Crippen LogP contribution in [0.25, 0.3) is 10.9 Å². The lowest BCUT2D eigenvalue weighted by atomic mass is 10.2. The zero-order chi connectivity index (χ0) is 16.0. The molecule has 3 aromatic rings. The molecule has 0 radical (unpaired) electrons. The van der Waals surface area contributed by atoms with Gasteiger partial charge in [-0.2, -0.15) is 5.10 Å². The van der Waals surface area contributed by atoms with Crippen LogP contribution >= 0.6 is 0 Å². The Hall–Kier alpha value is -2.63. The van der Waals surface area contributed by atoms with Gasteiger partial charge in [-0.25, -0.2) is 4.39 Å². The lowest BCUT2D eigenvalue weighted by Crippen LogP contribution is -2.16. The Morgan fingerprint density at radius 1 is 1.23 bits per heavy atom. The number of anilines is 1. The molecule has 3 rings (SSSR count). The van der Waals surface area contributed by atoms with Crippen molar-refractivity contribution >= 4 is 22.5 Å². The number of rotatable bonds is 2. The minimum absolute atomic E-state index is 0.238. The first-order chi connectivity index (χ1) is 10.4. The fourth-order valence-electron chi connectivity index (χ4n) is 2.65. The van der Waals surface area contributed by atoms with Gasteiger partial charge in [0.15, 0.2) is 0 Å². The molecule has 1 N–H and O–H groups in total. The van der Waals surface area contributed by atoms with Crippen molar-refractivity contribution < 1.29 is 9.18 Å². The zero-order valence-electron chi connectivity index (χ0n) is 12.9. The smallest absolute Gasteiger partial charge is 0.272 e. The molecule has 0 saturated heterocycles. The van der Waals surface area contributed by atoms with Crippen molar-refractivity contribution in [3.63, 3.8) is 0 Å². The number of carbonyl (C=O) groups excluding carboxylic acids is 1. The number of fused-ring (bicyclic) bond motifs is 1. The van der Waals surface area contributed by atoms with Crippen molar-refractivity contribution in [3.05, 3.63) is 47.2 Å². The third kappa shape index (κ3) is 2.16. The summed E-state index contributed by atoms with van der Waals surface area (Å²) in [5.41, 5.74) is 3.52. The number of aryl methyl sites for hydroxylation is 3. The molecule has 0 fully saturated rings. The number of nitrogens with one attached hydrogen (secondary N) is 1. The molecule has 2 heterocycles. The average molecular weight is 300 g/mol. The molecule has 0 atom stereocenters. The van der Waals surface area contributed by atoms with Gasteiger partial charge in [0, 0.05) is 19.5 Å². The molecule has 1 aromatic carbocycles. The second-order valence-electron chi connectivity index (χ2n) is 5.42. The molecule has 0 saturated carbocycles. The summed E-state index contributed by atoms with van der Waals surface area (Å²) < 4.78 is 16.8. The second kappa shape index (κ2) is 4.98. The third-order valence-electron chi connectivity index (χ3n) is 3.99. The van der Waals surface area contributed by atoms with Gasteiger partial charge in [-0.05, 0) is 38.1 Å². The molecular formula is C16H17FN4O. The van der Waals surface area contributed by atoms with Gasteiger partial charge in [0.2, 0.25) is 0 Å². The Kier molecular flexibility index (Phi) is 3.24. The van der Waals surface area contributed by atoms with Gasteiger partial charge < -0.3 is 9.88 Å². The zero-order valence-corrected chi connectivity index (χ0v) is 12.9. The van der Waals surface area contributed by atoms with Crippen LogP contribution in [-0.4, -0.2) is 20.3 Å². The van der Waals surface area contributed by atoms with Gasteiger partial charge in [0.1, 0.15) is 11.5 Å². The van der Waals surface area contributed by atoms with Crippen LogP contribution in [0.5, 0.6) is 0 Å². The van der Waals surface area contributed by atoms with E-state index in [0.717, 1.165) is 16.8 Å². The van der Waals surface area contributed by atoms with Crippen molar-refractivity contribution in [1.82, 2.24) is 14.3 Å². The Morgan fingerprint density at radius 2 is 1.95 bits per heavy atom. The first-order valence-electron chi connectivity index (χ1n) is 6.95. The van der Waals surface area contributed by atoms with Crippen LogP contribution in [0.4, 0.5) is 10.1 Å². The number of hydrogen-bond donors (Lipinski definition) is 1. The monoisotopic (exact) mass is 300 g/mol. The lowest BCUT2D eigenvalue weighted by molar-refractivity contribution is 0.101. The van der Waals surface area contributed by atoms with Crippen molar-refractivity contribution in [1.29, 1.82) is 0 Å². The molecule has 0 bridgehead atoms. The van der Waals surface area contributed by atoms with Gasteiger partial charge >= 0.3 is 0 Å². The van der Waals surface area contributed by atoms with E-state index in [1.54, 1.807) is 28.4 Å². The highest BCUT2D eigenvalue weighted by Crippen LogP contribution is 2.23. The van der Waals surface area contributed by atoms with Gasteiger partial charge in [0.25, 0.3) is 5.91 Å². The van der Waals surface area contributed by atoms with Gasteiger partial charge in [-0.3, -0.25) is 9.48 Å². The molecule has 1 amide bonds. The fourth-order valence-corrected chi connectivity index (χ4v) is 2.65. The summed E-state index contributed by atoms with van der Waals surface area (Å²) in [5.74, 6) is -0.557. The van der Waals surface area contributed by atoms with E-state index in [0.29, 0.717) is 16.9 Å². The molecule has 6 heteroatoms. The second-order valence-corrected chi connectivity index (χ2v) is 5.42. The van der Waals surface area contributed by atoms with Gasteiger partial charge in [0.05, 0.1) is 22.6 Å². The summed E-state index contributed by atoms with van der Waals surface area (Å²) >= 11 is 0. The largest absolute Gasteiger partial charge is 0.340 e. The van der Waals surface area contributed by atoms with Crippen molar-refractivity contribution in [3.8, 4) is 0 Å². The number of halogens is 1. The quantitative estimate of drug-likeness (QED) is 0.791. The van der Waals surface area contributed by atoms with Crippen LogP contribution in [-0.2, 0) is 14.1 Å². The van der Waals surface area contributed by atoms with Crippen molar-refractivity contribution in [2.75, 3.05) is 5.32 Å². The molecule has 0 aliphatic heterocycles. The maximum absolute atomic E-state index is 13.4. The summed E-state index contributed by atoms with van der Waals surface area (Å²) in [6.07, 6.45) is 0. The molecule has 5 nitrogen and oxygen atoms in total. The molecule has 0 unspecified atom stereocenters. The van der Waals surface area contributed by atoms with Crippen LogP contribution in [0.1, 0.15) is 21.9 Å². The van der Waals surface area contributed by atoms with E-state index in [1.807, 2.05) is 20.9 Å². The van der Waals surface area contributed by atoms with Crippen LogP contribution in [0, 0.1) is 19.7 Å². The number of hydrogen-bond acceptors (Lipinski definition) is 2. The first kappa shape index (κ1) is 14.3. The molecule has 0 spiro atoms. The van der Waals surface area contributed by atoms with Crippen LogP contribution in [0.3, 0.4) is 0 Å². The Balaban J connectivity index is 2.00. The first-order valence-corrected chi connectivity index (χ1v) is 6.95. The van der Waals surface area contributed by atoms with Crippen LogP contribution in [0.15, 0.2) is 24.3 Å². The topological polar surface area (TPSA) is 51.9 Å². The number of nitrogens with zero attached hydrogens (tertiary/aromatic N) is 3. The summed E-state index contributed by atoms with van der Waals surface area (Å²) in [5, 5.41) is 8.00. The molecule has 0 aliphatic carbocycles. The Labute approximate surface area is 127 Å². The SMILES string of the molecule is Cc1nn(C)c(C)c1NC(=O)c1cc2ccc(F)cc2n1C. The van der Waals surface area contributed by atoms with Crippen molar-refractivity contribution in [2.45, 2.75) is 13.8 Å². The standard InChI is InChI=1S/C16H17FN4O/c1-9-15(10(2)21(4)19-9)18-16(22)14-7-11-5-6-12(17)8-13(11)20(14)3/h5-8H,1-4H3,(H,18,22). The average Bonchev–Trinajstić information content (AvgIpc) is 2.91. The highest BCUT2D eigenvalue weighted by atomic mass is 19.1. The predicted molar refractivity (Wildman–Crippen MR) is 83.5 cm³/mol. The number of amides is 1. The van der Waals surface area contributed by atoms with E-state index >= 15 is 0 Å². The molecular weight excluding hydrogens is 283 g/mol. The number of aromatic nitrogens is 3. The Morgan fingerprint density at radius 3 is 2.59 bits per heavy atom. The van der Waals surface area contributed by atoms with E-state index in [-0.39, 0.29) is 11.7 Å². The number of benzene rings is 1. The molecule has 114 valence electrons. The third-order valence-corrected chi connectivity index (χ3v) is 3.99. The van der Waals surface area contributed by atoms with E-state index in [2.05, 4.69) is 10.4 Å². The van der Waals surface area contributed by atoms with E-state index in [9.17, 15) is 9.18 Å². The molecule has 22 heavy (non-hydrogen) atoms. The maximum Gasteiger partial charge on any atom is 0.272 e. The van der Waals surface area contributed by atoms with Gasteiger partial charge in [-0.1, -0.05) is 0 Å². The molecule has 2 aromatic heterocycles. The number of carbonyl (C=O) groups is 1. The van der Waals surface area contributed by atoms with E-state index in [4.69, 9.17) is 0 Å². The van der Waals surface area contributed by atoms with Gasteiger partial charge in [-0.15, -0.1) is 0 Å². The highest BCUT2D eigenvalue weighted by Gasteiger charge is 2.17. The van der Waals surface area contributed by atoms with Crippen molar-refractivity contribution in [2.24, 2.45) is 14.1 Å². The van der Waals surface area contributed by atoms with Crippen LogP contribution in [0.2, 0.25) is 0 Å². The fraction of sp³-hybridized carbons (Fsp3) is 0.250. The summed E-state index contributed by atoms with van der Waals surface area (Å²) in [7, 11) is 3.58. The maximum atomic E-state index is 13.4. The predicted octanol–water partition coefficient (Wildman–Crippen LogP) is 2.92. The summed E-state index contributed by atoms with van der Waals surface area (Å²) in [4.78, 5) is 12.5. The summed E-state index contributed by atoms with van der Waals surface area (Å²) in [6.45, 7) is 3.74. The highest BCUT2D eigenvalue weighted by molar-refractivity contribution is 6.06. The minimum atomic E-state index is -0.320. The van der Waals surface area contributed by atoms with E-state index < -0.39 is 0 Å². The lowest BCUT2D eigenvalue weighted by Gasteiger charge is -2.07. The molecule has 0 aliphatic rings. The Bertz CT molecular complexity index is 891. The minimum Gasteiger partial charge on any atom is -0.340 e. The van der Waals surface area contributed by atoms with Crippen LogP contribution < -0.4 is 5.32 Å².